The van der Waals surface area contributed by atoms with E-state index < -0.39 is 17.8 Å². The van der Waals surface area contributed by atoms with Crippen molar-refractivity contribution in [2.75, 3.05) is 6.54 Å². The zero-order chi connectivity index (χ0) is 16.2. The van der Waals surface area contributed by atoms with Gasteiger partial charge in [0.15, 0.2) is 0 Å². The van der Waals surface area contributed by atoms with E-state index >= 15 is 0 Å². The highest BCUT2D eigenvalue weighted by Gasteiger charge is 2.24. The Balaban J connectivity index is 2.92. The Labute approximate surface area is 133 Å². The maximum Gasteiger partial charge on any atom is 0.410 e. The molecule has 21 heavy (non-hydrogen) atoms. The third-order valence-corrected chi connectivity index (χ3v) is 3.03. The SMILES string of the molecule is CC(O)CN(Cc1cc(Br)ccc1O)C(=O)OC(C)(C)C. The van der Waals surface area contributed by atoms with Crippen LogP contribution in [0.5, 0.6) is 5.75 Å². The van der Waals surface area contributed by atoms with Crippen LogP contribution in [0.15, 0.2) is 22.7 Å². The van der Waals surface area contributed by atoms with Gasteiger partial charge in [0, 0.05) is 10.0 Å². The van der Waals surface area contributed by atoms with Crippen molar-refractivity contribution < 1.29 is 19.7 Å². The van der Waals surface area contributed by atoms with E-state index in [9.17, 15) is 15.0 Å². The number of benzene rings is 1. The minimum atomic E-state index is -0.688. The smallest absolute Gasteiger partial charge is 0.410 e. The number of carbonyl (C=O) groups excluding carboxylic acids is 1. The summed E-state index contributed by atoms with van der Waals surface area (Å²) in [5, 5.41) is 19.4. The van der Waals surface area contributed by atoms with Crippen LogP contribution in [0.3, 0.4) is 0 Å². The van der Waals surface area contributed by atoms with Crippen molar-refractivity contribution in [3.05, 3.63) is 28.2 Å². The molecule has 0 aliphatic carbocycles. The van der Waals surface area contributed by atoms with Gasteiger partial charge in [-0.1, -0.05) is 15.9 Å². The molecule has 5 nitrogen and oxygen atoms in total. The van der Waals surface area contributed by atoms with Gasteiger partial charge < -0.3 is 19.8 Å². The van der Waals surface area contributed by atoms with E-state index in [0.717, 1.165) is 4.47 Å². The van der Waals surface area contributed by atoms with Crippen LogP contribution < -0.4 is 0 Å². The second-order valence-electron chi connectivity index (χ2n) is 5.98. The van der Waals surface area contributed by atoms with E-state index in [2.05, 4.69) is 15.9 Å². The summed E-state index contributed by atoms with van der Waals surface area (Å²) in [6.07, 6.45) is -1.21. The normalized spacial score (nSPS) is 12.9. The summed E-state index contributed by atoms with van der Waals surface area (Å²) in [6.45, 7) is 7.22. The molecule has 2 N–H and O–H groups in total. The minimum Gasteiger partial charge on any atom is -0.508 e. The lowest BCUT2D eigenvalue weighted by Crippen LogP contribution is -2.40. The van der Waals surface area contributed by atoms with Crippen molar-refractivity contribution in [2.45, 2.75) is 45.9 Å². The Hall–Kier alpha value is -1.27. The molecule has 0 bridgehead atoms. The van der Waals surface area contributed by atoms with Gasteiger partial charge in [-0.05, 0) is 45.9 Å². The van der Waals surface area contributed by atoms with Gasteiger partial charge in [0.2, 0.25) is 0 Å². The lowest BCUT2D eigenvalue weighted by molar-refractivity contribution is 0.0141. The summed E-state index contributed by atoms with van der Waals surface area (Å²) in [5.41, 5.74) is -0.0382. The maximum absolute atomic E-state index is 12.2. The summed E-state index contributed by atoms with van der Waals surface area (Å²) in [4.78, 5) is 13.6. The Bertz CT molecular complexity index is 497. The molecular formula is C15H22BrNO4. The van der Waals surface area contributed by atoms with E-state index in [1.165, 1.54) is 4.90 Å². The third kappa shape index (κ3) is 6.35. The van der Waals surface area contributed by atoms with Crippen LogP contribution in [-0.4, -0.2) is 39.5 Å². The van der Waals surface area contributed by atoms with Crippen molar-refractivity contribution >= 4 is 22.0 Å². The molecular weight excluding hydrogens is 338 g/mol. The fourth-order valence-corrected chi connectivity index (χ4v) is 2.14. The number of hydrogen-bond acceptors (Lipinski definition) is 4. The van der Waals surface area contributed by atoms with E-state index in [4.69, 9.17) is 4.74 Å². The number of hydrogen-bond donors (Lipinski definition) is 2. The number of rotatable bonds is 4. The summed E-state index contributed by atoms with van der Waals surface area (Å²) < 4.78 is 6.13. The first-order chi connectivity index (χ1) is 9.58. The molecule has 0 spiro atoms. The molecule has 0 aromatic heterocycles. The average Bonchev–Trinajstić information content (AvgIpc) is 2.30. The van der Waals surface area contributed by atoms with E-state index in [1.54, 1.807) is 45.9 Å². The van der Waals surface area contributed by atoms with Crippen LogP contribution in [0.1, 0.15) is 33.3 Å². The van der Waals surface area contributed by atoms with Gasteiger partial charge in [-0.3, -0.25) is 0 Å². The van der Waals surface area contributed by atoms with Gasteiger partial charge >= 0.3 is 6.09 Å². The fourth-order valence-electron chi connectivity index (χ4n) is 1.74. The number of ether oxygens (including phenoxy) is 1. The van der Waals surface area contributed by atoms with Crippen molar-refractivity contribution in [3.63, 3.8) is 0 Å². The zero-order valence-corrected chi connectivity index (χ0v) is 14.3. The third-order valence-electron chi connectivity index (χ3n) is 2.54. The molecule has 118 valence electrons. The van der Waals surface area contributed by atoms with Gasteiger partial charge in [0.05, 0.1) is 19.2 Å². The molecule has 1 rings (SSSR count). The predicted molar refractivity (Wildman–Crippen MR) is 84.1 cm³/mol. The maximum atomic E-state index is 12.2. The summed E-state index contributed by atoms with van der Waals surface area (Å²) in [6, 6.07) is 5.00. The number of amides is 1. The van der Waals surface area contributed by atoms with Crippen LogP contribution in [0.2, 0.25) is 0 Å². The van der Waals surface area contributed by atoms with Gasteiger partial charge in [-0.25, -0.2) is 4.79 Å². The molecule has 0 radical (unpaired) electrons. The first kappa shape index (κ1) is 17.8. The Morgan fingerprint density at radius 2 is 2.05 bits per heavy atom. The molecule has 0 fully saturated rings. The lowest BCUT2D eigenvalue weighted by Gasteiger charge is -2.28. The van der Waals surface area contributed by atoms with Crippen LogP contribution in [-0.2, 0) is 11.3 Å². The fraction of sp³-hybridized carbons (Fsp3) is 0.533. The van der Waals surface area contributed by atoms with Crippen molar-refractivity contribution in [1.29, 1.82) is 0 Å². The van der Waals surface area contributed by atoms with Gasteiger partial charge in [-0.2, -0.15) is 0 Å². The molecule has 1 amide bonds. The molecule has 1 atom stereocenters. The summed E-state index contributed by atoms with van der Waals surface area (Å²) >= 11 is 3.33. The molecule has 1 unspecified atom stereocenters. The Morgan fingerprint density at radius 3 is 2.57 bits per heavy atom. The minimum absolute atomic E-state index is 0.0948. The highest BCUT2D eigenvalue weighted by molar-refractivity contribution is 9.10. The monoisotopic (exact) mass is 359 g/mol. The number of halogens is 1. The number of carbonyl (C=O) groups is 1. The topological polar surface area (TPSA) is 70.0 Å². The highest BCUT2D eigenvalue weighted by Crippen LogP contribution is 2.24. The van der Waals surface area contributed by atoms with Crippen LogP contribution in [0, 0.1) is 0 Å². The number of phenolic OH excluding ortho intramolecular Hbond substituents is 1. The van der Waals surface area contributed by atoms with E-state index in [0.29, 0.717) is 5.56 Å². The van der Waals surface area contributed by atoms with Gasteiger partial charge in [0.25, 0.3) is 0 Å². The van der Waals surface area contributed by atoms with Crippen molar-refractivity contribution in [2.24, 2.45) is 0 Å². The molecule has 0 saturated heterocycles. The molecule has 0 saturated carbocycles. The number of nitrogens with zero attached hydrogens (tertiary/aromatic N) is 1. The standard InChI is InChI=1S/C15H22BrNO4/c1-10(18)8-17(14(20)21-15(2,3)4)9-11-7-12(16)5-6-13(11)19/h5-7,10,18-19H,8-9H2,1-4H3. The van der Waals surface area contributed by atoms with Crippen LogP contribution in [0.25, 0.3) is 0 Å². The largest absolute Gasteiger partial charge is 0.508 e. The molecule has 6 heteroatoms. The molecule has 0 heterocycles. The molecule has 1 aromatic rings. The first-order valence-corrected chi connectivity index (χ1v) is 7.51. The number of aliphatic hydroxyl groups is 1. The predicted octanol–water partition coefficient (Wildman–Crippen LogP) is 3.27. The molecule has 0 aliphatic heterocycles. The Morgan fingerprint density at radius 1 is 1.43 bits per heavy atom. The van der Waals surface area contributed by atoms with Crippen molar-refractivity contribution in [3.8, 4) is 5.75 Å². The first-order valence-electron chi connectivity index (χ1n) is 6.72. The number of aromatic hydroxyl groups is 1. The molecule has 0 aliphatic rings. The quantitative estimate of drug-likeness (QED) is 0.865. The number of phenols is 1. The zero-order valence-electron chi connectivity index (χ0n) is 12.8. The van der Waals surface area contributed by atoms with Gasteiger partial charge in [0.1, 0.15) is 11.4 Å². The lowest BCUT2D eigenvalue weighted by atomic mass is 10.2. The van der Waals surface area contributed by atoms with E-state index in [1.807, 2.05) is 0 Å². The van der Waals surface area contributed by atoms with Crippen LogP contribution in [0.4, 0.5) is 4.79 Å². The second-order valence-corrected chi connectivity index (χ2v) is 6.90. The summed E-state index contributed by atoms with van der Waals surface area (Å²) in [5.74, 6) is 0.0948. The van der Waals surface area contributed by atoms with Crippen LogP contribution >= 0.6 is 15.9 Å². The average molecular weight is 360 g/mol. The second kappa shape index (κ2) is 7.13. The van der Waals surface area contributed by atoms with E-state index in [-0.39, 0.29) is 18.8 Å². The van der Waals surface area contributed by atoms with Crippen molar-refractivity contribution in [1.82, 2.24) is 4.90 Å². The number of aliphatic hydroxyl groups excluding tert-OH is 1. The summed E-state index contributed by atoms with van der Waals surface area (Å²) in [7, 11) is 0. The molecule has 1 aromatic carbocycles. The van der Waals surface area contributed by atoms with Gasteiger partial charge in [-0.15, -0.1) is 0 Å². The Kier molecular flexibility index (Phi) is 6.04. The highest BCUT2D eigenvalue weighted by atomic mass is 79.9.